The van der Waals surface area contributed by atoms with E-state index in [4.69, 9.17) is 9.47 Å². The van der Waals surface area contributed by atoms with Crippen LogP contribution in [0.3, 0.4) is 0 Å². The van der Waals surface area contributed by atoms with E-state index in [2.05, 4.69) is 12.2 Å². The Kier molecular flexibility index (Phi) is 3.09. The van der Waals surface area contributed by atoms with Crippen molar-refractivity contribution in [3.8, 4) is 0 Å². The first-order valence-corrected chi connectivity index (χ1v) is 4.10. The molecule has 0 aromatic carbocycles. The van der Waals surface area contributed by atoms with Crippen molar-refractivity contribution in [3.05, 3.63) is 12.2 Å². The van der Waals surface area contributed by atoms with Gasteiger partial charge in [0.2, 0.25) is 0 Å². The van der Waals surface area contributed by atoms with Crippen LogP contribution in [0.15, 0.2) is 12.2 Å². The van der Waals surface area contributed by atoms with Gasteiger partial charge in [-0.15, -0.1) is 0 Å². The highest BCUT2D eigenvalue weighted by atomic mass is 16.5. The van der Waals surface area contributed by atoms with Crippen molar-refractivity contribution < 1.29 is 9.47 Å². The van der Waals surface area contributed by atoms with E-state index in [1.165, 1.54) is 12.8 Å². The number of hydrogen-bond donors (Lipinski definition) is 0. The Labute approximate surface area is 68.2 Å². The summed E-state index contributed by atoms with van der Waals surface area (Å²) in [4.78, 5) is 0. The lowest BCUT2D eigenvalue weighted by atomic mass is 10.3. The van der Waals surface area contributed by atoms with Gasteiger partial charge < -0.3 is 9.47 Å². The summed E-state index contributed by atoms with van der Waals surface area (Å²) >= 11 is 0. The molecule has 1 saturated carbocycles. The first-order chi connectivity index (χ1) is 5.33. The van der Waals surface area contributed by atoms with E-state index >= 15 is 0 Å². The molecule has 0 atom stereocenters. The highest BCUT2D eigenvalue weighted by molar-refractivity contribution is 5.11. The lowest BCUT2D eigenvalue weighted by molar-refractivity contribution is 0.0262. The Morgan fingerprint density at radius 1 is 1.36 bits per heavy atom. The summed E-state index contributed by atoms with van der Waals surface area (Å²) in [7, 11) is 1.69. The van der Waals surface area contributed by atoms with Crippen LogP contribution in [-0.4, -0.2) is 25.9 Å². The Morgan fingerprint density at radius 2 is 2.09 bits per heavy atom. The smallest absolute Gasteiger partial charge is 0.0865 e. The molecule has 1 aliphatic rings. The first kappa shape index (κ1) is 8.75. The molecule has 0 radical (unpaired) electrons. The van der Waals surface area contributed by atoms with Crippen LogP contribution in [0.1, 0.15) is 19.8 Å². The SMILES string of the molecule is C/C=C\C1(OCCOC)CC1. The molecule has 0 heterocycles. The zero-order valence-corrected chi connectivity index (χ0v) is 7.30. The van der Waals surface area contributed by atoms with E-state index in [0.29, 0.717) is 13.2 Å². The van der Waals surface area contributed by atoms with Gasteiger partial charge in [0.15, 0.2) is 0 Å². The average Bonchev–Trinajstić information content (AvgIpc) is 2.71. The molecule has 0 aromatic rings. The Balaban J connectivity index is 2.14. The van der Waals surface area contributed by atoms with Gasteiger partial charge in [-0.05, 0) is 19.8 Å². The number of hydrogen-bond acceptors (Lipinski definition) is 2. The molecule has 0 unspecified atom stereocenters. The maximum absolute atomic E-state index is 5.61. The van der Waals surface area contributed by atoms with Crippen molar-refractivity contribution in [2.75, 3.05) is 20.3 Å². The summed E-state index contributed by atoms with van der Waals surface area (Å²) in [6.45, 7) is 3.43. The summed E-state index contributed by atoms with van der Waals surface area (Å²) < 4.78 is 10.5. The monoisotopic (exact) mass is 156 g/mol. The molecule has 0 aromatic heterocycles. The first-order valence-electron chi connectivity index (χ1n) is 4.10. The molecular formula is C9H16O2. The molecule has 0 bridgehead atoms. The fraction of sp³-hybridized carbons (Fsp3) is 0.778. The predicted molar refractivity (Wildman–Crippen MR) is 44.6 cm³/mol. The quantitative estimate of drug-likeness (QED) is 0.446. The Morgan fingerprint density at radius 3 is 2.55 bits per heavy atom. The van der Waals surface area contributed by atoms with Gasteiger partial charge in [-0.25, -0.2) is 0 Å². The zero-order chi connectivity index (χ0) is 8.16. The minimum atomic E-state index is 0.0906. The molecule has 2 nitrogen and oxygen atoms in total. The third-order valence-electron chi connectivity index (χ3n) is 1.89. The van der Waals surface area contributed by atoms with Gasteiger partial charge in [0.25, 0.3) is 0 Å². The largest absolute Gasteiger partial charge is 0.382 e. The number of methoxy groups -OCH3 is 1. The van der Waals surface area contributed by atoms with Gasteiger partial charge in [0, 0.05) is 7.11 Å². The number of allylic oxidation sites excluding steroid dienone is 1. The molecule has 0 aliphatic heterocycles. The van der Waals surface area contributed by atoms with Crippen molar-refractivity contribution in [2.45, 2.75) is 25.4 Å². The third-order valence-corrected chi connectivity index (χ3v) is 1.89. The second-order valence-corrected chi connectivity index (χ2v) is 2.91. The van der Waals surface area contributed by atoms with Gasteiger partial charge in [-0.1, -0.05) is 12.2 Å². The van der Waals surface area contributed by atoms with Gasteiger partial charge in [-0.2, -0.15) is 0 Å². The molecule has 1 rings (SSSR count). The molecule has 0 saturated heterocycles. The summed E-state index contributed by atoms with van der Waals surface area (Å²) in [6.07, 6.45) is 6.53. The predicted octanol–water partition coefficient (Wildman–Crippen LogP) is 1.76. The van der Waals surface area contributed by atoms with Gasteiger partial charge in [0.1, 0.15) is 0 Å². The van der Waals surface area contributed by atoms with Crippen LogP contribution in [0.4, 0.5) is 0 Å². The number of ether oxygens (including phenoxy) is 2. The van der Waals surface area contributed by atoms with Crippen LogP contribution < -0.4 is 0 Å². The van der Waals surface area contributed by atoms with Crippen molar-refractivity contribution in [2.24, 2.45) is 0 Å². The van der Waals surface area contributed by atoms with E-state index in [1.807, 2.05) is 6.92 Å². The second kappa shape index (κ2) is 3.88. The molecule has 0 amide bonds. The van der Waals surface area contributed by atoms with Gasteiger partial charge >= 0.3 is 0 Å². The standard InChI is InChI=1S/C9H16O2/c1-3-4-9(5-6-9)11-8-7-10-2/h3-4H,5-8H2,1-2H3/b4-3-. The maximum atomic E-state index is 5.61. The van der Waals surface area contributed by atoms with Crippen molar-refractivity contribution >= 4 is 0 Å². The molecule has 64 valence electrons. The van der Waals surface area contributed by atoms with Crippen molar-refractivity contribution in [3.63, 3.8) is 0 Å². The summed E-state index contributed by atoms with van der Waals surface area (Å²) in [5.41, 5.74) is 0.0906. The molecule has 0 spiro atoms. The molecule has 1 fully saturated rings. The molecular weight excluding hydrogens is 140 g/mol. The van der Waals surface area contributed by atoms with Crippen LogP contribution in [0.25, 0.3) is 0 Å². The van der Waals surface area contributed by atoms with Crippen LogP contribution in [0.2, 0.25) is 0 Å². The Bertz CT molecular complexity index is 136. The van der Waals surface area contributed by atoms with E-state index < -0.39 is 0 Å². The number of rotatable bonds is 5. The summed E-state index contributed by atoms with van der Waals surface area (Å²) in [5, 5.41) is 0. The van der Waals surface area contributed by atoms with E-state index in [9.17, 15) is 0 Å². The highest BCUT2D eigenvalue weighted by Gasteiger charge is 2.40. The van der Waals surface area contributed by atoms with Crippen LogP contribution >= 0.6 is 0 Å². The van der Waals surface area contributed by atoms with Crippen molar-refractivity contribution in [1.29, 1.82) is 0 Å². The lowest BCUT2D eigenvalue weighted by Crippen LogP contribution is -2.14. The van der Waals surface area contributed by atoms with Gasteiger partial charge in [0.05, 0.1) is 18.8 Å². The minimum absolute atomic E-state index is 0.0906. The molecule has 0 N–H and O–H groups in total. The molecule has 2 heteroatoms. The zero-order valence-electron chi connectivity index (χ0n) is 7.30. The van der Waals surface area contributed by atoms with Crippen molar-refractivity contribution in [1.82, 2.24) is 0 Å². The second-order valence-electron chi connectivity index (χ2n) is 2.91. The normalized spacial score (nSPS) is 20.9. The molecule has 11 heavy (non-hydrogen) atoms. The van der Waals surface area contributed by atoms with Crippen LogP contribution in [-0.2, 0) is 9.47 Å². The minimum Gasteiger partial charge on any atom is -0.382 e. The van der Waals surface area contributed by atoms with E-state index in [0.717, 1.165) is 0 Å². The van der Waals surface area contributed by atoms with E-state index in [1.54, 1.807) is 7.11 Å². The molecule has 1 aliphatic carbocycles. The van der Waals surface area contributed by atoms with Crippen LogP contribution in [0, 0.1) is 0 Å². The highest BCUT2D eigenvalue weighted by Crippen LogP contribution is 2.40. The Hall–Kier alpha value is -0.340. The average molecular weight is 156 g/mol. The van der Waals surface area contributed by atoms with E-state index in [-0.39, 0.29) is 5.60 Å². The third kappa shape index (κ3) is 2.64. The maximum Gasteiger partial charge on any atom is 0.0865 e. The fourth-order valence-electron chi connectivity index (χ4n) is 1.11. The topological polar surface area (TPSA) is 18.5 Å². The van der Waals surface area contributed by atoms with Crippen LogP contribution in [0.5, 0.6) is 0 Å². The van der Waals surface area contributed by atoms with Gasteiger partial charge in [-0.3, -0.25) is 0 Å². The lowest BCUT2D eigenvalue weighted by Gasteiger charge is -2.10. The summed E-state index contributed by atoms with van der Waals surface area (Å²) in [6, 6.07) is 0. The summed E-state index contributed by atoms with van der Waals surface area (Å²) in [5.74, 6) is 0. The fourth-order valence-corrected chi connectivity index (χ4v) is 1.11.